The lowest BCUT2D eigenvalue weighted by Gasteiger charge is -2.04. The summed E-state index contributed by atoms with van der Waals surface area (Å²) >= 11 is 0. The van der Waals surface area contributed by atoms with Crippen LogP contribution in [0.5, 0.6) is 5.75 Å². The molecule has 1 aromatic heterocycles. The normalized spacial score (nSPS) is 9.13. The SMILES string of the molecule is CCOC(=O)c1ncc(OC)cc1C#N. The Morgan fingerprint density at radius 2 is 2.40 bits per heavy atom. The van der Waals surface area contributed by atoms with Gasteiger partial charge in [0, 0.05) is 6.07 Å². The molecule has 1 heterocycles. The van der Waals surface area contributed by atoms with Crippen LogP contribution >= 0.6 is 0 Å². The van der Waals surface area contributed by atoms with E-state index >= 15 is 0 Å². The standard InChI is InChI=1S/C10H10N2O3/c1-3-15-10(13)9-7(5-11)4-8(14-2)6-12-9/h4,6H,3H2,1-2H3. The highest BCUT2D eigenvalue weighted by atomic mass is 16.5. The van der Waals surface area contributed by atoms with Gasteiger partial charge in [0.2, 0.25) is 0 Å². The van der Waals surface area contributed by atoms with E-state index in [2.05, 4.69) is 4.98 Å². The molecule has 5 heteroatoms. The molecule has 1 aromatic rings. The number of rotatable bonds is 3. The van der Waals surface area contributed by atoms with Gasteiger partial charge in [0.1, 0.15) is 11.8 Å². The van der Waals surface area contributed by atoms with Gasteiger partial charge in [-0.15, -0.1) is 0 Å². The van der Waals surface area contributed by atoms with Crippen molar-refractivity contribution in [3.05, 3.63) is 23.5 Å². The molecule has 0 saturated carbocycles. The summed E-state index contributed by atoms with van der Waals surface area (Å²) in [6.07, 6.45) is 1.37. The monoisotopic (exact) mass is 206 g/mol. The minimum atomic E-state index is -0.600. The highest BCUT2D eigenvalue weighted by Crippen LogP contribution is 2.14. The summed E-state index contributed by atoms with van der Waals surface area (Å²) in [5.74, 6) is -0.170. The summed E-state index contributed by atoms with van der Waals surface area (Å²) in [6, 6.07) is 3.31. The Morgan fingerprint density at radius 3 is 2.93 bits per heavy atom. The topological polar surface area (TPSA) is 72.2 Å². The third-order valence-corrected chi connectivity index (χ3v) is 1.69. The first kappa shape index (κ1) is 11.0. The minimum Gasteiger partial charge on any atom is -0.495 e. The summed E-state index contributed by atoms with van der Waals surface area (Å²) in [5, 5.41) is 8.80. The van der Waals surface area contributed by atoms with Gasteiger partial charge in [-0.3, -0.25) is 0 Å². The number of esters is 1. The quantitative estimate of drug-likeness (QED) is 0.693. The molecular formula is C10H10N2O3. The van der Waals surface area contributed by atoms with Gasteiger partial charge in [0.15, 0.2) is 5.69 Å². The van der Waals surface area contributed by atoms with Crippen molar-refractivity contribution in [1.29, 1.82) is 5.26 Å². The smallest absolute Gasteiger partial charge is 0.358 e. The molecule has 0 aromatic carbocycles. The Labute approximate surface area is 87.3 Å². The van der Waals surface area contributed by atoms with E-state index in [1.165, 1.54) is 19.4 Å². The molecule has 78 valence electrons. The molecule has 0 aliphatic carbocycles. The van der Waals surface area contributed by atoms with Crippen molar-refractivity contribution in [1.82, 2.24) is 4.98 Å². The van der Waals surface area contributed by atoms with Crippen molar-refractivity contribution < 1.29 is 14.3 Å². The number of methoxy groups -OCH3 is 1. The molecule has 0 saturated heterocycles. The highest BCUT2D eigenvalue weighted by molar-refractivity contribution is 5.90. The number of hydrogen-bond acceptors (Lipinski definition) is 5. The van der Waals surface area contributed by atoms with Gasteiger partial charge in [0.05, 0.1) is 25.5 Å². The van der Waals surface area contributed by atoms with E-state index in [-0.39, 0.29) is 17.9 Å². The van der Waals surface area contributed by atoms with E-state index in [0.29, 0.717) is 5.75 Å². The van der Waals surface area contributed by atoms with Gasteiger partial charge in [0.25, 0.3) is 0 Å². The van der Waals surface area contributed by atoms with E-state index in [1.807, 2.05) is 6.07 Å². The fraction of sp³-hybridized carbons (Fsp3) is 0.300. The van der Waals surface area contributed by atoms with Crippen molar-refractivity contribution in [3.63, 3.8) is 0 Å². The van der Waals surface area contributed by atoms with E-state index in [1.54, 1.807) is 6.92 Å². The Morgan fingerprint density at radius 1 is 1.67 bits per heavy atom. The van der Waals surface area contributed by atoms with E-state index in [0.717, 1.165) is 0 Å². The second kappa shape index (κ2) is 4.96. The fourth-order valence-electron chi connectivity index (χ4n) is 1.00. The Hall–Kier alpha value is -2.09. The average Bonchev–Trinajstić information content (AvgIpc) is 2.28. The van der Waals surface area contributed by atoms with Crippen LogP contribution in [0.25, 0.3) is 0 Å². The zero-order chi connectivity index (χ0) is 11.3. The molecule has 0 atom stereocenters. The number of pyridine rings is 1. The van der Waals surface area contributed by atoms with Gasteiger partial charge < -0.3 is 9.47 Å². The van der Waals surface area contributed by atoms with Gasteiger partial charge >= 0.3 is 5.97 Å². The number of hydrogen-bond donors (Lipinski definition) is 0. The average molecular weight is 206 g/mol. The third-order valence-electron chi connectivity index (χ3n) is 1.69. The van der Waals surface area contributed by atoms with Crippen LogP contribution in [-0.4, -0.2) is 24.7 Å². The van der Waals surface area contributed by atoms with Gasteiger partial charge in [-0.1, -0.05) is 0 Å². The molecule has 0 amide bonds. The summed E-state index contributed by atoms with van der Waals surface area (Å²) in [5.41, 5.74) is 0.160. The molecule has 0 aliphatic heterocycles. The summed E-state index contributed by atoms with van der Waals surface area (Å²) < 4.78 is 9.64. The maximum Gasteiger partial charge on any atom is 0.358 e. The molecule has 0 spiro atoms. The molecule has 0 N–H and O–H groups in total. The molecule has 0 fully saturated rings. The number of nitrogens with zero attached hydrogens (tertiary/aromatic N) is 2. The Bertz CT molecular complexity index is 410. The number of carbonyl (C=O) groups excluding carboxylic acids is 1. The zero-order valence-electron chi connectivity index (χ0n) is 8.48. The first-order valence-corrected chi connectivity index (χ1v) is 4.34. The lowest BCUT2D eigenvalue weighted by Crippen LogP contribution is -2.09. The maximum atomic E-state index is 11.3. The van der Waals surface area contributed by atoms with Crippen molar-refractivity contribution in [2.45, 2.75) is 6.92 Å². The largest absolute Gasteiger partial charge is 0.495 e. The molecule has 0 unspecified atom stereocenters. The third kappa shape index (κ3) is 2.44. The number of nitriles is 1. The minimum absolute atomic E-state index is 0.0140. The van der Waals surface area contributed by atoms with Crippen LogP contribution in [0, 0.1) is 11.3 Å². The Balaban J connectivity index is 3.09. The molecule has 0 radical (unpaired) electrons. The van der Waals surface area contributed by atoms with Crippen LogP contribution in [0.3, 0.4) is 0 Å². The zero-order valence-corrected chi connectivity index (χ0v) is 8.48. The Kier molecular flexibility index (Phi) is 3.63. The van der Waals surface area contributed by atoms with Crippen LogP contribution in [0.2, 0.25) is 0 Å². The van der Waals surface area contributed by atoms with E-state index in [9.17, 15) is 4.79 Å². The molecule has 15 heavy (non-hydrogen) atoms. The summed E-state index contributed by atoms with van der Waals surface area (Å²) in [6.45, 7) is 1.94. The van der Waals surface area contributed by atoms with Gasteiger partial charge in [-0.05, 0) is 6.92 Å². The van der Waals surface area contributed by atoms with Crippen LogP contribution in [-0.2, 0) is 4.74 Å². The predicted molar refractivity (Wildman–Crippen MR) is 51.5 cm³/mol. The van der Waals surface area contributed by atoms with Crippen LogP contribution in [0.4, 0.5) is 0 Å². The van der Waals surface area contributed by atoms with Crippen LogP contribution in [0.15, 0.2) is 12.3 Å². The molecule has 1 rings (SSSR count). The van der Waals surface area contributed by atoms with Crippen molar-refractivity contribution in [2.75, 3.05) is 13.7 Å². The molecule has 0 aliphatic rings. The van der Waals surface area contributed by atoms with Crippen molar-refractivity contribution >= 4 is 5.97 Å². The fourth-order valence-corrected chi connectivity index (χ4v) is 1.00. The van der Waals surface area contributed by atoms with Crippen molar-refractivity contribution in [3.8, 4) is 11.8 Å². The first-order chi connectivity index (χ1) is 7.22. The van der Waals surface area contributed by atoms with Crippen LogP contribution < -0.4 is 4.74 Å². The number of carbonyl (C=O) groups is 1. The van der Waals surface area contributed by atoms with Gasteiger partial charge in [-0.25, -0.2) is 9.78 Å². The van der Waals surface area contributed by atoms with Crippen molar-refractivity contribution in [2.24, 2.45) is 0 Å². The predicted octanol–water partition coefficient (Wildman–Crippen LogP) is 1.14. The lowest BCUT2D eigenvalue weighted by molar-refractivity contribution is 0.0519. The van der Waals surface area contributed by atoms with Crippen LogP contribution in [0.1, 0.15) is 23.0 Å². The first-order valence-electron chi connectivity index (χ1n) is 4.34. The lowest BCUT2D eigenvalue weighted by atomic mass is 10.2. The molecule has 0 bridgehead atoms. The second-order valence-corrected chi connectivity index (χ2v) is 2.60. The van der Waals surface area contributed by atoms with Gasteiger partial charge in [-0.2, -0.15) is 5.26 Å². The maximum absolute atomic E-state index is 11.3. The molecule has 5 nitrogen and oxygen atoms in total. The van der Waals surface area contributed by atoms with E-state index < -0.39 is 5.97 Å². The highest BCUT2D eigenvalue weighted by Gasteiger charge is 2.14. The molecular weight excluding hydrogens is 196 g/mol. The second-order valence-electron chi connectivity index (χ2n) is 2.60. The summed E-state index contributed by atoms with van der Waals surface area (Å²) in [4.78, 5) is 15.2. The summed E-state index contributed by atoms with van der Waals surface area (Å²) in [7, 11) is 1.46. The van der Waals surface area contributed by atoms with E-state index in [4.69, 9.17) is 14.7 Å². The number of ether oxygens (including phenoxy) is 2. The number of aromatic nitrogens is 1.